The molecule has 0 radical (unpaired) electrons. The predicted octanol–water partition coefficient (Wildman–Crippen LogP) is 3.06. The van der Waals surface area contributed by atoms with E-state index >= 15 is 0 Å². The molecule has 0 spiro atoms. The van der Waals surface area contributed by atoms with Crippen molar-refractivity contribution in [2.45, 2.75) is 25.4 Å². The first-order valence-electron chi connectivity index (χ1n) is 8.99. The van der Waals surface area contributed by atoms with E-state index in [1.807, 2.05) is 4.90 Å². The quantitative estimate of drug-likeness (QED) is 0.631. The second kappa shape index (κ2) is 8.92. The van der Waals surface area contributed by atoms with Crippen LogP contribution in [0.15, 0.2) is 24.3 Å². The monoisotopic (exact) mass is 452 g/mol. The van der Waals surface area contributed by atoms with Crippen LogP contribution in [-0.2, 0) is 16.4 Å². The average molecular weight is 452 g/mol. The molecule has 2 aromatic rings. The van der Waals surface area contributed by atoms with Gasteiger partial charge in [0.15, 0.2) is 0 Å². The van der Waals surface area contributed by atoms with Crippen molar-refractivity contribution in [1.29, 1.82) is 0 Å². The zero-order valence-corrected chi connectivity index (χ0v) is 17.0. The first-order chi connectivity index (χ1) is 13.6. The maximum Gasteiger partial charge on any atom is 0.390 e. The third kappa shape index (κ3) is 6.34. The molecule has 2 heterocycles. The van der Waals surface area contributed by atoms with Crippen molar-refractivity contribution in [2.24, 2.45) is 0 Å². The molecule has 3 rings (SSSR count). The molecular formula is C17H20F4N4O2S2. The second-order valence-electron chi connectivity index (χ2n) is 6.72. The Hall–Kier alpha value is -1.79. The summed E-state index contributed by atoms with van der Waals surface area (Å²) in [6.07, 6.45) is -4.92. The largest absolute Gasteiger partial charge is 0.390 e. The number of benzene rings is 1. The number of alkyl halides is 3. The fourth-order valence-corrected chi connectivity index (χ4v) is 5.22. The van der Waals surface area contributed by atoms with E-state index in [0.29, 0.717) is 36.9 Å². The molecule has 0 amide bonds. The maximum atomic E-state index is 13.0. The summed E-state index contributed by atoms with van der Waals surface area (Å²) < 4.78 is 80.0. The molecule has 0 saturated carbocycles. The van der Waals surface area contributed by atoms with Gasteiger partial charge in [-0.25, -0.2) is 22.1 Å². The molecule has 29 heavy (non-hydrogen) atoms. The highest BCUT2D eigenvalue weighted by Crippen LogP contribution is 2.24. The minimum Gasteiger partial charge on any atom is -0.345 e. The molecule has 6 nitrogen and oxygen atoms in total. The van der Waals surface area contributed by atoms with Gasteiger partial charge in [-0.3, -0.25) is 0 Å². The zero-order chi connectivity index (χ0) is 21.1. The number of nitrogens with zero attached hydrogens (tertiary/aromatic N) is 4. The smallest absolute Gasteiger partial charge is 0.345 e. The summed E-state index contributed by atoms with van der Waals surface area (Å²) in [5, 5.41) is 0.636. The molecule has 160 valence electrons. The molecule has 0 N–H and O–H groups in total. The summed E-state index contributed by atoms with van der Waals surface area (Å²) in [7, 11) is -3.96. The highest BCUT2D eigenvalue weighted by molar-refractivity contribution is 7.89. The van der Waals surface area contributed by atoms with Gasteiger partial charge in [-0.05, 0) is 24.1 Å². The number of sulfonamides is 1. The molecule has 1 aliphatic heterocycles. The topological polar surface area (TPSA) is 66.4 Å². The Balaban J connectivity index is 1.59. The van der Waals surface area contributed by atoms with E-state index in [0.717, 1.165) is 9.87 Å². The number of anilines is 1. The van der Waals surface area contributed by atoms with Crippen LogP contribution in [0.2, 0.25) is 0 Å². The van der Waals surface area contributed by atoms with Gasteiger partial charge in [0.1, 0.15) is 11.6 Å². The minimum atomic E-state index is -4.50. The van der Waals surface area contributed by atoms with Crippen LogP contribution in [0.1, 0.15) is 24.2 Å². The molecule has 1 fully saturated rings. The van der Waals surface area contributed by atoms with Crippen LogP contribution in [-0.4, -0.2) is 60.2 Å². The van der Waals surface area contributed by atoms with Crippen molar-refractivity contribution in [1.82, 2.24) is 13.7 Å². The number of halogens is 4. The fraction of sp³-hybridized carbons (Fsp3) is 0.529. The molecule has 1 saturated heterocycles. The Labute approximate surface area is 170 Å². The summed E-state index contributed by atoms with van der Waals surface area (Å²) >= 11 is 1.18. The normalized spacial score (nSPS) is 16.8. The Bertz CT molecular complexity index is 916. The lowest BCUT2D eigenvalue weighted by atomic mass is 10.1. The van der Waals surface area contributed by atoms with Crippen LogP contribution >= 0.6 is 11.5 Å². The van der Waals surface area contributed by atoms with Crippen molar-refractivity contribution < 1.29 is 26.0 Å². The van der Waals surface area contributed by atoms with Crippen molar-refractivity contribution >= 4 is 26.7 Å². The third-order valence-electron chi connectivity index (χ3n) is 4.50. The molecule has 0 unspecified atom stereocenters. The van der Waals surface area contributed by atoms with Crippen LogP contribution in [0.4, 0.5) is 22.7 Å². The highest BCUT2D eigenvalue weighted by atomic mass is 32.2. The summed E-state index contributed by atoms with van der Waals surface area (Å²) in [6, 6.07) is 6.05. The lowest BCUT2D eigenvalue weighted by molar-refractivity contribution is -0.130. The van der Waals surface area contributed by atoms with Crippen molar-refractivity contribution in [3.05, 3.63) is 41.5 Å². The summed E-state index contributed by atoms with van der Waals surface area (Å²) in [5.74, 6) is -0.674. The first kappa shape index (κ1) is 21.9. The minimum absolute atomic E-state index is 0.104. The van der Waals surface area contributed by atoms with Crippen molar-refractivity contribution in [3.8, 4) is 0 Å². The molecule has 12 heteroatoms. The van der Waals surface area contributed by atoms with E-state index in [1.165, 1.54) is 23.7 Å². The lowest BCUT2D eigenvalue weighted by Crippen LogP contribution is -2.37. The Morgan fingerprint density at radius 1 is 1.07 bits per heavy atom. The zero-order valence-electron chi connectivity index (χ0n) is 15.4. The molecule has 0 atom stereocenters. The third-order valence-corrected chi connectivity index (χ3v) is 7.18. The Morgan fingerprint density at radius 2 is 1.79 bits per heavy atom. The SMILES string of the molecule is O=S(=O)(CCC(F)(F)F)N1CCCN(c2nc(Cc3ccc(F)cc3)ns2)CC1. The molecule has 1 aromatic heterocycles. The van der Waals surface area contributed by atoms with Gasteiger partial charge in [0, 0.05) is 44.1 Å². The van der Waals surface area contributed by atoms with Crippen molar-refractivity contribution in [2.75, 3.05) is 36.8 Å². The number of hydrogen-bond donors (Lipinski definition) is 0. The molecular weight excluding hydrogens is 432 g/mol. The van der Waals surface area contributed by atoms with Crippen LogP contribution in [0, 0.1) is 5.82 Å². The van der Waals surface area contributed by atoms with Gasteiger partial charge in [0.2, 0.25) is 15.2 Å². The van der Waals surface area contributed by atoms with E-state index in [2.05, 4.69) is 9.36 Å². The lowest BCUT2D eigenvalue weighted by Gasteiger charge is -2.21. The van der Waals surface area contributed by atoms with Gasteiger partial charge in [-0.2, -0.15) is 17.5 Å². The Kier molecular flexibility index (Phi) is 6.74. The highest BCUT2D eigenvalue weighted by Gasteiger charge is 2.33. The van der Waals surface area contributed by atoms with E-state index in [9.17, 15) is 26.0 Å². The molecule has 0 aliphatic carbocycles. The van der Waals surface area contributed by atoms with Gasteiger partial charge in [-0.1, -0.05) is 12.1 Å². The van der Waals surface area contributed by atoms with Gasteiger partial charge in [0.05, 0.1) is 12.2 Å². The predicted molar refractivity (Wildman–Crippen MR) is 102 cm³/mol. The summed E-state index contributed by atoms with van der Waals surface area (Å²) in [5.41, 5.74) is 0.869. The standard InChI is InChI=1S/C17H20F4N4O2S2/c18-14-4-2-13(3-5-14)12-15-22-16(28-23-15)24-7-1-8-25(10-9-24)29(26,27)11-6-17(19,20)21/h2-5H,1,6-12H2. The molecule has 1 aliphatic rings. The van der Waals surface area contributed by atoms with E-state index < -0.39 is 28.4 Å². The van der Waals surface area contributed by atoms with Crippen LogP contribution in [0.25, 0.3) is 0 Å². The van der Waals surface area contributed by atoms with Gasteiger partial charge >= 0.3 is 6.18 Å². The Morgan fingerprint density at radius 3 is 2.48 bits per heavy atom. The van der Waals surface area contributed by atoms with Crippen LogP contribution in [0.3, 0.4) is 0 Å². The van der Waals surface area contributed by atoms with Crippen LogP contribution in [0.5, 0.6) is 0 Å². The van der Waals surface area contributed by atoms with Gasteiger partial charge in [-0.15, -0.1) is 0 Å². The number of aromatic nitrogens is 2. The van der Waals surface area contributed by atoms with E-state index in [4.69, 9.17) is 0 Å². The van der Waals surface area contributed by atoms with Crippen molar-refractivity contribution in [3.63, 3.8) is 0 Å². The molecule has 1 aromatic carbocycles. The van der Waals surface area contributed by atoms with E-state index in [1.54, 1.807) is 12.1 Å². The fourth-order valence-electron chi connectivity index (χ4n) is 2.97. The van der Waals surface area contributed by atoms with Gasteiger partial charge < -0.3 is 4.90 Å². The second-order valence-corrected chi connectivity index (χ2v) is 9.54. The maximum absolute atomic E-state index is 13.0. The number of hydrogen-bond acceptors (Lipinski definition) is 6. The molecule has 0 bridgehead atoms. The summed E-state index contributed by atoms with van der Waals surface area (Å²) in [4.78, 5) is 6.37. The first-order valence-corrected chi connectivity index (χ1v) is 11.4. The average Bonchev–Trinajstić information content (AvgIpc) is 2.95. The summed E-state index contributed by atoms with van der Waals surface area (Å²) in [6.45, 7) is 1.15. The number of rotatable bonds is 6. The van der Waals surface area contributed by atoms with E-state index in [-0.39, 0.29) is 18.9 Å². The van der Waals surface area contributed by atoms with Crippen LogP contribution < -0.4 is 4.90 Å². The van der Waals surface area contributed by atoms with Gasteiger partial charge in [0.25, 0.3) is 0 Å².